The molecule has 7 nitrogen and oxygen atoms in total. The molecule has 0 spiro atoms. The SMILES string of the molecule is C=C/C(=C\C=C/NC)c1c(C)n(Cc2cc(C(=N)N)c(N)nc2Cl)c2cc3c(cc12)CCC3.CC=O. The standard InChI is InChI=1S/C26H29ClN6.C2H4O/c1-4-16(9-6-10-31-3)23-15(2)33(22-13-18-8-5-7-17(18)11-20(22)23)14-19-12-21(25(28)29)26(30)32-24(19)27;1-2-3/h4,6,9-13,31H,1,5,7-8,14H2,2-3H3,(H3,28,29)(H2,30,32);2H,1H3/b10-6-,16-9+;. The van der Waals surface area contributed by atoms with E-state index in [-0.39, 0.29) is 11.7 Å². The van der Waals surface area contributed by atoms with Gasteiger partial charge in [-0.2, -0.15) is 0 Å². The molecular weight excluding hydrogens is 472 g/mol. The van der Waals surface area contributed by atoms with Crippen molar-refractivity contribution in [2.75, 3.05) is 12.8 Å². The lowest BCUT2D eigenvalue weighted by Gasteiger charge is -2.13. The van der Waals surface area contributed by atoms with Gasteiger partial charge in [0.1, 0.15) is 23.1 Å². The van der Waals surface area contributed by atoms with Crippen LogP contribution in [0.25, 0.3) is 16.5 Å². The van der Waals surface area contributed by atoms with Gasteiger partial charge in [0.25, 0.3) is 0 Å². The molecule has 8 heteroatoms. The Hall–Kier alpha value is -3.84. The van der Waals surface area contributed by atoms with E-state index in [9.17, 15) is 0 Å². The molecule has 6 N–H and O–H groups in total. The fourth-order valence-electron chi connectivity index (χ4n) is 4.66. The minimum Gasteiger partial charge on any atom is -0.394 e. The van der Waals surface area contributed by atoms with E-state index in [1.807, 2.05) is 25.4 Å². The molecule has 0 fully saturated rings. The van der Waals surface area contributed by atoms with Gasteiger partial charge in [0.15, 0.2) is 0 Å². The number of nitrogens with two attached hydrogens (primary N) is 2. The lowest BCUT2D eigenvalue weighted by molar-refractivity contribution is -0.106. The van der Waals surface area contributed by atoms with Gasteiger partial charge in [0.2, 0.25) is 0 Å². The number of fused-ring (bicyclic) bond motifs is 2. The van der Waals surface area contributed by atoms with Crippen LogP contribution in [0.3, 0.4) is 0 Å². The van der Waals surface area contributed by atoms with Crippen molar-refractivity contribution in [3.05, 3.63) is 87.9 Å². The minimum atomic E-state index is -0.126. The smallest absolute Gasteiger partial charge is 0.136 e. The van der Waals surface area contributed by atoms with E-state index in [4.69, 9.17) is 33.3 Å². The van der Waals surface area contributed by atoms with Gasteiger partial charge in [0.05, 0.1) is 12.1 Å². The highest BCUT2D eigenvalue weighted by Crippen LogP contribution is 2.37. The molecule has 188 valence electrons. The van der Waals surface area contributed by atoms with E-state index >= 15 is 0 Å². The van der Waals surface area contributed by atoms with Crippen LogP contribution in [-0.4, -0.2) is 28.7 Å². The first-order valence-electron chi connectivity index (χ1n) is 11.8. The van der Waals surface area contributed by atoms with E-state index in [2.05, 4.69) is 46.6 Å². The van der Waals surface area contributed by atoms with E-state index in [0.717, 1.165) is 47.0 Å². The molecule has 2 aromatic heterocycles. The number of amidine groups is 1. The number of anilines is 1. The highest BCUT2D eigenvalue weighted by atomic mass is 35.5. The molecule has 0 aliphatic heterocycles. The number of nitrogens with one attached hydrogen (secondary N) is 2. The number of hydrogen-bond acceptors (Lipinski definition) is 5. The Kier molecular flexibility index (Phi) is 8.72. The summed E-state index contributed by atoms with van der Waals surface area (Å²) < 4.78 is 2.26. The van der Waals surface area contributed by atoms with Gasteiger partial charge in [-0.15, -0.1) is 0 Å². The predicted molar refractivity (Wildman–Crippen MR) is 151 cm³/mol. The lowest BCUT2D eigenvalue weighted by atomic mass is 9.99. The van der Waals surface area contributed by atoms with Crippen molar-refractivity contribution in [1.29, 1.82) is 5.41 Å². The average molecular weight is 505 g/mol. The van der Waals surface area contributed by atoms with Crippen molar-refractivity contribution in [1.82, 2.24) is 14.9 Å². The molecule has 0 bridgehead atoms. The Bertz CT molecular complexity index is 1380. The number of pyridine rings is 1. The number of hydrogen-bond donors (Lipinski definition) is 4. The number of aryl methyl sites for hydroxylation is 2. The maximum absolute atomic E-state index is 8.81. The first-order chi connectivity index (χ1) is 17.3. The number of carbonyl (C=O) groups is 1. The number of benzene rings is 1. The third-order valence-electron chi connectivity index (χ3n) is 6.28. The number of aromatic nitrogens is 2. The minimum absolute atomic E-state index is 0.126. The third-order valence-corrected chi connectivity index (χ3v) is 6.61. The number of rotatable bonds is 7. The number of nitrogen functional groups attached to an aromatic ring is 2. The zero-order chi connectivity index (χ0) is 26.4. The van der Waals surface area contributed by atoms with Crippen molar-refractivity contribution in [2.24, 2.45) is 5.73 Å². The van der Waals surface area contributed by atoms with Gasteiger partial charge in [-0.05, 0) is 80.3 Å². The van der Waals surface area contributed by atoms with Crippen LogP contribution in [0.15, 0.2) is 49.2 Å². The van der Waals surface area contributed by atoms with Crippen molar-refractivity contribution in [3.8, 4) is 0 Å². The molecule has 1 aromatic carbocycles. The highest BCUT2D eigenvalue weighted by Gasteiger charge is 2.21. The van der Waals surface area contributed by atoms with E-state index < -0.39 is 0 Å². The maximum Gasteiger partial charge on any atom is 0.136 e. The van der Waals surface area contributed by atoms with Crippen LogP contribution in [0.5, 0.6) is 0 Å². The summed E-state index contributed by atoms with van der Waals surface area (Å²) in [4.78, 5) is 13.0. The van der Waals surface area contributed by atoms with Crippen molar-refractivity contribution in [2.45, 2.75) is 39.7 Å². The number of allylic oxidation sites excluding steroid dienone is 4. The third kappa shape index (κ3) is 5.36. The molecule has 36 heavy (non-hydrogen) atoms. The highest BCUT2D eigenvalue weighted by molar-refractivity contribution is 6.30. The topological polar surface area (TPSA) is 123 Å². The summed E-state index contributed by atoms with van der Waals surface area (Å²) >= 11 is 6.48. The number of nitrogens with zero attached hydrogens (tertiary/aromatic N) is 2. The monoisotopic (exact) mass is 504 g/mol. The molecule has 0 saturated carbocycles. The summed E-state index contributed by atoms with van der Waals surface area (Å²) in [6.07, 6.45) is 12.0. The van der Waals surface area contributed by atoms with Crippen LogP contribution < -0.4 is 16.8 Å². The normalized spacial score (nSPS) is 12.8. The Morgan fingerprint density at radius 3 is 2.58 bits per heavy atom. The van der Waals surface area contributed by atoms with Crippen LogP contribution in [0.4, 0.5) is 5.82 Å². The van der Waals surface area contributed by atoms with Crippen LogP contribution in [0, 0.1) is 12.3 Å². The van der Waals surface area contributed by atoms with Gasteiger partial charge in [0, 0.05) is 34.8 Å². The molecular formula is C28H33ClN6O. The average Bonchev–Trinajstić information content (AvgIpc) is 3.39. The van der Waals surface area contributed by atoms with Gasteiger partial charge in [-0.3, -0.25) is 5.41 Å². The molecule has 1 aliphatic carbocycles. The summed E-state index contributed by atoms with van der Waals surface area (Å²) in [6, 6.07) is 6.41. The second-order valence-electron chi connectivity index (χ2n) is 8.53. The molecule has 0 unspecified atom stereocenters. The zero-order valence-corrected chi connectivity index (χ0v) is 21.7. The van der Waals surface area contributed by atoms with Crippen LogP contribution >= 0.6 is 11.6 Å². The Morgan fingerprint density at radius 1 is 1.31 bits per heavy atom. The molecule has 0 atom stereocenters. The van der Waals surface area contributed by atoms with Gasteiger partial charge in [-0.25, -0.2) is 4.98 Å². The molecule has 0 radical (unpaired) electrons. The number of carbonyl (C=O) groups excluding carboxylic acids is 1. The van der Waals surface area contributed by atoms with Gasteiger partial charge in [-0.1, -0.05) is 30.3 Å². The van der Waals surface area contributed by atoms with Crippen molar-refractivity contribution < 1.29 is 4.79 Å². The number of halogens is 1. The summed E-state index contributed by atoms with van der Waals surface area (Å²) in [5, 5.41) is 12.4. The Labute approximate surface area is 217 Å². The molecule has 4 rings (SSSR count). The maximum atomic E-state index is 8.81. The molecule has 0 amide bonds. The summed E-state index contributed by atoms with van der Waals surface area (Å²) in [5.74, 6) is 0.0377. The Balaban J connectivity index is 0.00000115. The van der Waals surface area contributed by atoms with Crippen molar-refractivity contribution >= 4 is 46.0 Å². The second kappa shape index (κ2) is 11.7. The fourth-order valence-corrected chi connectivity index (χ4v) is 4.86. The van der Waals surface area contributed by atoms with Crippen LogP contribution in [0.2, 0.25) is 5.15 Å². The summed E-state index contributed by atoms with van der Waals surface area (Å²) in [7, 11) is 1.87. The first kappa shape index (κ1) is 26.8. The molecule has 3 aromatic rings. The predicted octanol–water partition coefficient (Wildman–Crippen LogP) is 4.91. The van der Waals surface area contributed by atoms with E-state index in [0.29, 0.717) is 17.3 Å². The second-order valence-corrected chi connectivity index (χ2v) is 8.89. The van der Waals surface area contributed by atoms with Crippen LogP contribution in [-0.2, 0) is 24.2 Å². The molecule has 0 saturated heterocycles. The van der Waals surface area contributed by atoms with Crippen molar-refractivity contribution in [3.63, 3.8) is 0 Å². The van der Waals surface area contributed by atoms with E-state index in [1.54, 1.807) is 6.07 Å². The van der Waals surface area contributed by atoms with E-state index in [1.165, 1.54) is 29.9 Å². The van der Waals surface area contributed by atoms with Gasteiger partial charge < -0.3 is 26.1 Å². The summed E-state index contributed by atoms with van der Waals surface area (Å²) in [6.45, 7) is 8.12. The largest absolute Gasteiger partial charge is 0.394 e. The fraction of sp³-hybridized carbons (Fsp3) is 0.250. The quantitative estimate of drug-likeness (QED) is 0.120. The molecule has 2 heterocycles. The van der Waals surface area contributed by atoms with Crippen LogP contribution in [0.1, 0.15) is 46.9 Å². The number of aldehydes is 1. The molecule has 1 aliphatic rings. The summed E-state index contributed by atoms with van der Waals surface area (Å²) in [5.41, 5.74) is 20.1. The lowest BCUT2D eigenvalue weighted by Crippen LogP contribution is -2.16. The zero-order valence-electron chi connectivity index (χ0n) is 21.0. The first-order valence-corrected chi connectivity index (χ1v) is 12.2. The van der Waals surface area contributed by atoms with Gasteiger partial charge >= 0.3 is 0 Å². The Morgan fingerprint density at radius 2 is 1.97 bits per heavy atom.